The molecule has 1 atom stereocenters. The molecule has 0 aliphatic heterocycles. The topological polar surface area (TPSA) is 83.8 Å². The quantitative estimate of drug-likeness (QED) is 0.749. The first-order valence-corrected chi connectivity index (χ1v) is 5.57. The van der Waals surface area contributed by atoms with Crippen LogP contribution in [0.4, 0.5) is 5.69 Å². The van der Waals surface area contributed by atoms with E-state index in [-0.39, 0.29) is 11.8 Å². The Kier molecular flexibility index (Phi) is 3.10. The molecule has 0 spiro atoms. The maximum atomic E-state index is 11.8. The van der Waals surface area contributed by atoms with Gasteiger partial charge in [-0.05, 0) is 24.1 Å². The van der Waals surface area contributed by atoms with Crippen molar-refractivity contribution in [3.05, 3.63) is 24.4 Å². The molecule has 0 aliphatic rings. The number of rotatable bonds is 3. The van der Waals surface area contributed by atoms with Crippen LogP contribution in [-0.2, 0) is 4.79 Å². The summed E-state index contributed by atoms with van der Waals surface area (Å²) in [6.45, 7) is 3.84. The van der Waals surface area contributed by atoms with Gasteiger partial charge in [-0.15, -0.1) is 0 Å². The molecule has 1 heterocycles. The first kappa shape index (κ1) is 11.6. The number of nitrogens with two attached hydrogens (primary N) is 1. The van der Waals surface area contributed by atoms with Crippen LogP contribution >= 0.6 is 0 Å². The molecule has 90 valence electrons. The Balaban J connectivity index is 2.15. The third kappa shape index (κ3) is 2.45. The van der Waals surface area contributed by atoms with Gasteiger partial charge in [-0.3, -0.25) is 9.89 Å². The summed E-state index contributed by atoms with van der Waals surface area (Å²) in [4.78, 5) is 11.8. The average molecular weight is 232 g/mol. The summed E-state index contributed by atoms with van der Waals surface area (Å²) >= 11 is 0. The minimum Gasteiger partial charge on any atom is -0.325 e. The number of nitrogens with zero attached hydrogens (tertiary/aromatic N) is 1. The number of aromatic nitrogens is 2. The first-order valence-electron chi connectivity index (χ1n) is 5.57. The Labute approximate surface area is 99.4 Å². The molecule has 0 radical (unpaired) electrons. The van der Waals surface area contributed by atoms with E-state index in [9.17, 15) is 4.79 Å². The van der Waals surface area contributed by atoms with Gasteiger partial charge >= 0.3 is 0 Å². The molecule has 1 amide bonds. The molecule has 0 unspecified atom stereocenters. The molecule has 0 saturated carbocycles. The van der Waals surface area contributed by atoms with E-state index in [1.807, 2.05) is 32.0 Å². The summed E-state index contributed by atoms with van der Waals surface area (Å²) in [6.07, 6.45) is 1.74. The van der Waals surface area contributed by atoms with E-state index >= 15 is 0 Å². The van der Waals surface area contributed by atoms with Crippen molar-refractivity contribution in [3.63, 3.8) is 0 Å². The lowest BCUT2D eigenvalue weighted by molar-refractivity contribution is -0.118. The van der Waals surface area contributed by atoms with Crippen LogP contribution in [0.1, 0.15) is 13.8 Å². The van der Waals surface area contributed by atoms with Crippen LogP contribution in [0.5, 0.6) is 0 Å². The Bertz CT molecular complexity index is 532. The predicted octanol–water partition coefficient (Wildman–Crippen LogP) is 1.48. The summed E-state index contributed by atoms with van der Waals surface area (Å²) in [6, 6.07) is 5.08. The second-order valence-electron chi connectivity index (χ2n) is 4.43. The van der Waals surface area contributed by atoms with Gasteiger partial charge in [-0.25, -0.2) is 0 Å². The van der Waals surface area contributed by atoms with Crippen molar-refractivity contribution >= 4 is 22.5 Å². The monoisotopic (exact) mass is 232 g/mol. The van der Waals surface area contributed by atoms with Crippen molar-refractivity contribution in [3.8, 4) is 0 Å². The zero-order valence-corrected chi connectivity index (χ0v) is 9.90. The molecule has 2 aromatic rings. The molecule has 5 nitrogen and oxygen atoms in total. The van der Waals surface area contributed by atoms with Gasteiger partial charge in [0.05, 0.1) is 17.8 Å². The molecular weight excluding hydrogens is 216 g/mol. The third-order valence-corrected chi connectivity index (χ3v) is 2.73. The van der Waals surface area contributed by atoms with Gasteiger partial charge in [-0.1, -0.05) is 13.8 Å². The van der Waals surface area contributed by atoms with Crippen LogP contribution in [-0.4, -0.2) is 22.1 Å². The van der Waals surface area contributed by atoms with E-state index < -0.39 is 6.04 Å². The summed E-state index contributed by atoms with van der Waals surface area (Å²) in [5.74, 6) is -0.0512. The zero-order chi connectivity index (χ0) is 12.4. The maximum absolute atomic E-state index is 11.8. The van der Waals surface area contributed by atoms with Crippen molar-refractivity contribution in [1.29, 1.82) is 0 Å². The van der Waals surface area contributed by atoms with Crippen molar-refractivity contribution in [1.82, 2.24) is 10.2 Å². The van der Waals surface area contributed by atoms with Crippen LogP contribution < -0.4 is 11.1 Å². The largest absolute Gasteiger partial charge is 0.325 e. The number of hydrogen-bond donors (Lipinski definition) is 3. The lowest BCUT2D eigenvalue weighted by Crippen LogP contribution is -2.39. The number of hydrogen-bond acceptors (Lipinski definition) is 3. The van der Waals surface area contributed by atoms with Crippen LogP contribution in [0.15, 0.2) is 24.4 Å². The smallest absolute Gasteiger partial charge is 0.241 e. The van der Waals surface area contributed by atoms with E-state index in [1.165, 1.54) is 0 Å². The van der Waals surface area contributed by atoms with Crippen LogP contribution in [0.25, 0.3) is 10.9 Å². The highest BCUT2D eigenvalue weighted by Gasteiger charge is 2.17. The van der Waals surface area contributed by atoms with Gasteiger partial charge in [0.2, 0.25) is 5.91 Å². The molecule has 1 aromatic carbocycles. The summed E-state index contributed by atoms with van der Waals surface area (Å²) < 4.78 is 0. The first-order chi connectivity index (χ1) is 8.08. The Morgan fingerprint density at radius 2 is 2.24 bits per heavy atom. The molecule has 0 aliphatic carbocycles. The van der Waals surface area contributed by atoms with E-state index in [0.29, 0.717) is 0 Å². The number of carbonyl (C=O) groups excluding carboxylic acids is 1. The Morgan fingerprint density at radius 1 is 1.47 bits per heavy atom. The molecule has 17 heavy (non-hydrogen) atoms. The molecule has 1 aromatic heterocycles. The molecule has 0 bridgehead atoms. The molecule has 2 rings (SSSR count). The van der Waals surface area contributed by atoms with E-state index in [0.717, 1.165) is 16.6 Å². The van der Waals surface area contributed by atoms with Gasteiger partial charge in [0.15, 0.2) is 0 Å². The van der Waals surface area contributed by atoms with Crippen molar-refractivity contribution in [2.75, 3.05) is 5.32 Å². The number of aromatic amines is 1. The third-order valence-electron chi connectivity index (χ3n) is 2.73. The van der Waals surface area contributed by atoms with Crippen LogP contribution in [0.2, 0.25) is 0 Å². The van der Waals surface area contributed by atoms with E-state index in [4.69, 9.17) is 5.73 Å². The molecule has 0 saturated heterocycles. The number of H-pyrrole nitrogens is 1. The van der Waals surface area contributed by atoms with E-state index in [2.05, 4.69) is 15.5 Å². The zero-order valence-electron chi connectivity index (χ0n) is 9.90. The minimum atomic E-state index is -0.493. The highest BCUT2D eigenvalue weighted by Crippen LogP contribution is 2.16. The van der Waals surface area contributed by atoms with Gasteiger partial charge < -0.3 is 11.1 Å². The fourth-order valence-corrected chi connectivity index (χ4v) is 1.54. The standard InChI is InChI=1S/C12H16N4O/c1-7(2)11(13)12(17)15-9-4-3-8-6-14-16-10(8)5-9/h3-7,11H,13H2,1-2H3,(H,14,16)(H,15,17)/t11-/m1/s1. The normalized spacial score (nSPS) is 12.9. The van der Waals surface area contributed by atoms with Gasteiger partial charge in [0.25, 0.3) is 0 Å². The summed E-state index contributed by atoms with van der Waals surface area (Å²) in [5.41, 5.74) is 7.38. The summed E-state index contributed by atoms with van der Waals surface area (Å²) in [7, 11) is 0. The number of nitrogens with one attached hydrogen (secondary N) is 2. The van der Waals surface area contributed by atoms with Crippen molar-refractivity contribution in [2.45, 2.75) is 19.9 Å². The SMILES string of the molecule is CC(C)[C@@H](N)C(=O)Nc1ccc2cn[nH]c2c1. The minimum absolute atomic E-state index is 0.117. The lowest BCUT2D eigenvalue weighted by atomic mass is 10.0. The second-order valence-corrected chi connectivity index (χ2v) is 4.43. The number of anilines is 1. The van der Waals surface area contributed by atoms with E-state index in [1.54, 1.807) is 6.20 Å². The van der Waals surface area contributed by atoms with Crippen molar-refractivity contribution in [2.24, 2.45) is 11.7 Å². The Hall–Kier alpha value is -1.88. The maximum Gasteiger partial charge on any atom is 0.241 e. The fraction of sp³-hybridized carbons (Fsp3) is 0.333. The highest BCUT2D eigenvalue weighted by atomic mass is 16.2. The van der Waals surface area contributed by atoms with Crippen LogP contribution in [0.3, 0.4) is 0 Å². The molecule has 5 heteroatoms. The number of carbonyl (C=O) groups is 1. The summed E-state index contributed by atoms with van der Waals surface area (Å²) in [5, 5.41) is 10.6. The molecule has 0 fully saturated rings. The van der Waals surface area contributed by atoms with Gasteiger partial charge in [0.1, 0.15) is 0 Å². The fourth-order valence-electron chi connectivity index (χ4n) is 1.54. The molecular formula is C12H16N4O. The number of benzene rings is 1. The second kappa shape index (κ2) is 4.55. The predicted molar refractivity (Wildman–Crippen MR) is 67.5 cm³/mol. The Morgan fingerprint density at radius 3 is 2.94 bits per heavy atom. The lowest BCUT2D eigenvalue weighted by Gasteiger charge is -2.15. The number of fused-ring (bicyclic) bond motifs is 1. The van der Waals surface area contributed by atoms with Gasteiger partial charge in [0, 0.05) is 11.1 Å². The average Bonchev–Trinajstić information content (AvgIpc) is 2.74. The molecule has 4 N–H and O–H groups in total. The van der Waals surface area contributed by atoms with Gasteiger partial charge in [-0.2, -0.15) is 5.10 Å². The van der Waals surface area contributed by atoms with Crippen LogP contribution in [0, 0.1) is 5.92 Å². The number of amides is 1. The highest BCUT2D eigenvalue weighted by molar-refractivity contribution is 5.96. The van der Waals surface area contributed by atoms with Crippen molar-refractivity contribution < 1.29 is 4.79 Å².